The normalized spacial score (nSPS) is 12.6. The molecule has 0 radical (unpaired) electrons. The molecule has 0 fully saturated rings. The van der Waals surface area contributed by atoms with Crippen molar-refractivity contribution in [2.24, 2.45) is 0 Å². The van der Waals surface area contributed by atoms with Gasteiger partial charge < -0.3 is 5.11 Å². The molecule has 0 aliphatic carbocycles. The summed E-state index contributed by atoms with van der Waals surface area (Å²) in [4.78, 5) is 0. The van der Waals surface area contributed by atoms with E-state index in [0.29, 0.717) is 5.02 Å². The molecule has 0 aliphatic rings. The topological polar surface area (TPSA) is 20.2 Å². The van der Waals surface area contributed by atoms with Crippen molar-refractivity contribution in [2.45, 2.75) is 13.0 Å². The Labute approximate surface area is 137 Å². The number of aryl methyl sites for hydroxylation is 1. The van der Waals surface area contributed by atoms with Gasteiger partial charge in [-0.2, -0.15) is 0 Å². The van der Waals surface area contributed by atoms with Crippen molar-refractivity contribution < 1.29 is 5.11 Å². The van der Waals surface area contributed by atoms with Gasteiger partial charge in [0.2, 0.25) is 0 Å². The summed E-state index contributed by atoms with van der Waals surface area (Å²) in [5.74, 6) is 0. The van der Waals surface area contributed by atoms with Crippen LogP contribution in [-0.2, 0) is 0 Å². The first kappa shape index (κ1) is 14.6. The Kier molecular flexibility index (Phi) is 4.03. The van der Waals surface area contributed by atoms with Crippen LogP contribution in [0.25, 0.3) is 10.8 Å². The quantitative estimate of drug-likeness (QED) is 0.625. The second kappa shape index (κ2) is 5.80. The summed E-state index contributed by atoms with van der Waals surface area (Å²) in [5, 5.41) is 13.4. The highest BCUT2D eigenvalue weighted by molar-refractivity contribution is 9.10. The number of benzene rings is 3. The summed E-state index contributed by atoms with van der Waals surface area (Å²) in [5.41, 5.74) is 2.85. The highest BCUT2D eigenvalue weighted by Gasteiger charge is 2.15. The molecule has 3 rings (SSSR count). The van der Waals surface area contributed by atoms with Crippen LogP contribution < -0.4 is 0 Å². The van der Waals surface area contributed by atoms with Gasteiger partial charge in [-0.15, -0.1) is 0 Å². The molecule has 3 heteroatoms. The van der Waals surface area contributed by atoms with E-state index < -0.39 is 6.10 Å². The lowest BCUT2D eigenvalue weighted by atomic mass is 9.95. The van der Waals surface area contributed by atoms with Gasteiger partial charge in [-0.05, 0) is 47.2 Å². The standard InChI is InChI=1S/C18H14BrClO/c1-11-8-12(10-13(19)9-11)18(21)16-6-7-17(20)15-5-3-2-4-14(15)16/h2-10,18,21H,1H3. The van der Waals surface area contributed by atoms with Crippen LogP contribution in [0.1, 0.15) is 22.8 Å². The average molecular weight is 362 g/mol. The van der Waals surface area contributed by atoms with Crippen molar-refractivity contribution in [1.82, 2.24) is 0 Å². The molecular formula is C18H14BrClO. The molecule has 0 heterocycles. The minimum atomic E-state index is -0.677. The van der Waals surface area contributed by atoms with E-state index in [-0.39, 0.29) is 0 Å². The number of halogens is 2. The third kappa shape index (κ3) is 2.84. The smallest absolute Gasteiger partial charge is 0.105 e. The van der Waals surface area contributed by atoms with E-state index in [4.69, 9.17) is 11.6 Å². The number of rotatable bonds is 2. The van der Waals surface area contributed by atoms with Crippen LogP contribution in [0.15, 0.2) is 59.1 Å². The molecule has 0 saturated carbocycles. The molecule has 0 saturated heterocycles. The van der Waals surface area contributed by atoms with Crippen LogP contribution in [0.4, 0.5) is 0 Å². The van der Waals surface area contributed by atoms with Gasteiger partial charge in [0.05, 0.1) is 0 Å². The third-order valence-corrected chi connectivity index (χ3v) is 4.37. The zero-order valence-corrected chi connectivity index (χ0v) is 13.8. The minimum absolute atomic E-state index is 0.677. The molecule has 0 aliphatic heterocycles. The molecule has 106 valence electrons. The van der Waals surface area contributed by atoms with E-state index in [2.05, 4.69) is 15.9 Å². The fourth-order valence-corrected chi connectivity index (χ4v) is 3.48. The Morgan fingerprint density at radius 3 is 2.43 bits per heavy atom. The summed E-state index contributed by atoms with van der Waals surface area (Å²) in [6.45, 7) is 2.01. The van der Waals surface area contributed by atoms with Crippen molar-refractivity contribution in [3.05, 3.63) is 80.8 Å². The molecule has 1 atom stereocenters. The zero-order chi connectivity index (χ0) is 15.0. The largest absolute Gasteiger partial charge is 0.384 e. The summed E-state index contributed by atoms with van der Waals surface area (Å²) in [6.07, 6.45) is -0.677. The van der Waals surface area contributed by atoms with Gasteiger partial charge in [0.1, 0.15) is 6.10 Å². The molecule has 1 N–H and O–H groups in total. The maximum Gasteiger partial charge on any atom is 0.105 e. The van der Waals surface area contributed by atoms with E-state index in [9.17, 15) is 5.11 Å². The highest BCUT2D eigenvalue weighted by atomic mass is 79.9. The molecule has 0 aromatic heterocycles. The van der Waals surface area contributed by atoms with Crippen molar-refractivity contribution in [3.63, 3.8) is 0 Å². The molecule has 0 bridgehead atoms. The fraction of sp³-hybridized carbons (Fsp3) is 0.111. The van der Waals surface area contributed by atoms with Crippen LogP contribution >= 0.6 is 27.5 Å². The third-order valence-electron chi connectivity index (χ3n) is 3.58. The van der Waals surface area contributed by atoms with E-state index in [0.717, 1.165) is 31.9 Å². The van der Waals surface area contributed by atoms with E-state index in [1.54, 1.807) is 0 Å². The van der Waals surface area contributed by atoms with Gasteiger partial charge in [-0.25, -0.2) is 0 Å². The van der Waals surface area contributed by atoms with Gasteiger partial charge in [-0.1, -0.05) is 63.9 Å². The second-order valence-electron chi connectivity index (χ2n) is 5.15. The fourth-order valence-electron chi connectivity index (χ4n) is 2.63. The van der Waals surface area contributed by atoms with Crippen LogP contribution in [0, 0.1) is 6.92 Å². The maximum atomic E-state index is 10.8. The molecule has 3 aromatic carbocycles. The first-order valence-corrected chi connectivity index (χ1v) is 7.85. The van der Waals surface area contributed by atoms with Gasteiger partial charge >= 0.3 is 0 Å². The Morgan fingerprint density at radius 1 is 1.00 bits per heavy atom. The first-order chi connectivity index (χ1) is 10.1. The lowest BCUT2D eigenvalue weighted by molar-refractivity contribution is 0.222. The SMILES string of the molecule is Cc1cc(Br)cc(C(O)c2ccc(Cl)c3ccccc23)c1. The Morgan fingerprint density at radius 2 is 1.71 bits per heavy atom. The summed E-state index contributed by atoms with van der Waals surface area (Å²) in [7, 11) is 0. The second-order valence-corrected chi connectivity index (χ2v) is 6.47. The predicted molar refractivity (Wildman–Crippen MR) is 91.9 cm³/mol. The number of hydrogen-bond acceptors (Lipinski definition) is 1. The molecule has 21 heavy (non-hydrogen) atoms. The minimum Gasteiger partial charge on any atom is -0.384 e. The number of fused-ring (bicyclic) bond motifs is 1. The van der Waals surface area contributed by atoms with Crippen molar-refractivity contribution >= 4 is 38.3 Å². The van der Waals surface area contributed by atoms with E-state index in [1.165, 1.54) is 0 Å². The molecule has 1 unspecified atom stereocenters. The summed E-state index contributed by atoms with van der Waals surface area (Å²) in [6, 6.07) is 17.6. The lowest BCUT2D eigenvalue weighted by Crippen LogP contribution is -2.01. The number of hydrogen-bond donors (Lipinski definition) is 1. The van der Waals surface area contributed by atoms with Crippen molar-refractivity contribution in [3.8, 4) is 0 Å². The predicted octanol–water partition coefficient (Wildman–Crippen LogP) is 5.65. The van der Waals surface area contributed by atoms with Gasteiger partial charge in [0, 0.05) is 14.9 Å². The molecule has 0 spiro atoms. The molecule has 0 amide bonds. The van der Waals surface area contributed by atoms with Gasteiger partial charge in [0.15, 0.2) is 0 Å². The lowest BCUT2D eigenvalue weighted by Gasteiger charge is -2.16. The van der Waals surface area contributed by atoms with Crippen LogP contribution in [-0.4, -0.2) is 5.11 Å². The van der Waals surface area contributed by atoms with Gasteiger partial charge in [-0.3, -0.25) is 0 Å². The number of aliphatic hydroxyl groups excluding tert-OH is 1. The van der Waals surface area contributed by atoms with Crippen LogP contribution in [0.3, 0.4) is 0 Å². The summed E-state index contributed by atoms with van der Waals surface area (Å²) >= 11 is 9.72. The molecule has 1 nitrogen and oxygen atoms in total. The maximum absolute atomic E-state index is 10.8. The van der Waals surface area contributed by atoms with Crippen molar-refractivity contribution in [2.75, 3.05) is 0 Å². The summed E-state index contributed by atoms with van der Waals surface area (Å²) < 4.78 is 0.967. The Balaban J connectivity index is 2.18. The van der Waals surface area contributed by atoms with E-state index in [1.807, 2.05) is 61.5 Å². The molecule has 3 aromatic rings. The van der Waals surface area contributed by atoms with Crippen LogP contribution in [0.5, 0.6) is 0 Å². The van der Waals surface area contributed by atoms with Gasteiger partial charge in [0.25, 0.3) is 0 Å². The van der Waals surface area contributed by atoms with Crippen molar-refractivity contribution in [1.29, 1.82) is 0 Å². The zero-order valence-electron chi connectivity index (χ0n) is 11.5. The van der Waals surface area contributed by atoms with Crippen LogP contribution in [0.2, 0.25) is 5.02 Å². The first-order valence-electron chi connectivity index (χ1n) is 6.68. The average Bonchev–Trinajstić information content (AvgIpc) is 2.46. The molecular weight excluding hydrogens is 348 g/mol. The monoisotopic (exact) mass is 360 g/mol. The highest BCUT2D eigenvalue weighted by Crippen LogP contribution is 2.33. The van der Waals surface area contributed by atoms with E-state index >= 15 is 0 Å². The number of aliphatic hydroxyl groups is 1. The Bertz CT molecular complexity index is 793. The Hall–Kier alpha value is -1.35.